The van der Waals surface area contributed by atoms with Gasteiger partial charge in [-0.25, -0.2) is 4.79 Å². The van der Waals surface area contributed by atoms with Crippen molar-refractivity contribution in [1.29, 1.82) is 0 Å². The van der Waals surface area contributed by atoms with Gasteiger partial charge >= 0.3 is 5.97 Å². The molecule has 4 heteroatoms. The van der Waals surface area contributed by atoms with Crippen LogP contribution in [0.15, 0.2) is 28.9 Å². The van der Waals surface area contributed by atoms with E-state index < -0.39 is 5.97 Å². The number of aryl methyl sites for hydroxylation is 1. The number of aromatic nitrogens is 1. The maximum absolute atomic E-state index is 10.9. The van der Waals surface area contributed by atoms with Gasteiger partial charge in [-0.05, 0) is 40.0 Å². The zero-order chi connectivity index (χ0) is 11.7. The molecule has 1 N–H and O–H groups in total. The molecular formula is C12H10BrNO2. The molecule has 0 spiro atoms. The summed E-state index contributed by atoms with van der Waals surface area (Å²) in [5.41, 5.74) is 2.16. The minimum absolute atomic E-state index is 0.195. The van der Waals surface area contributed by atoms with Gasteiger partial charge < -0.3 is 5.11 Å². The molecule has 0 aliphatic heterocycles. The Hall–Kier alpha value is -1.42. The maximum atomic E-state index is 10.9. The number of nitrogens with zero attached hydrogens (tertiary/aromatic N) is 1. The Kier molecular flexibility index (Phi) is 2.92. The molecule has 0 atom stereocenters. The minimum atomic E-state index is -0.969. The zero-order valence-corrected chi connectivity index (χ0v) is 10.3. The smallest absolute Gasteiger partial charge is 0.338 e. The van der Waals surface area contributed by atoms with E-state index in [-0.39, 0.29) is 5.56 Å². The van der Waals surface area contributed by atoms with E-state index in [9.17, 15) is 4.79 Å². The third-order valence-electron chi connectivity index (χ3n) is 2.51. The fourth-order valence-electron chi connectivity index (χ4n) is 1.58. The third-order valence-corrected chi connectivity index (χ3v) is 3.36. The average molecular weight is 280 g/mol. The molecule has 3 nitrogen and oxygen atoms in total. The summed E-state index contributed by atoms with van der Waals surface area (Å²) in [4.78, 5) is 15.1. The molecule has 0 aliphatic rings. The van der Waals surface area contributed by atoms with Gasteiger partial charge in [-0.2, -0.15) is 0 Å². The highest BCUT2D eigenvalue weighted by Crippen LogP contribution is 2.27. The summed E-state index contributed by atoms with van der Waals surface area (Å²) in [6, 6.07) is 5.88. The van der Waals surface area contributed by atoms with E-state index in [0.717, 1.165) is 22.9 Å². The molecular weight excluding hydrogens is 270 g/mol. The molecule has 0 fully saturated rings. The second kappa shape index (κ2) is 4.22. The Balaban J connectivity index is 2.75. The van der Waals surface area contributed by atoms with Crippen molar-refractivity contribution in [2.75, 3.05) is 0 Å². The van der Waals surface area contributed by atoms with Crippen LogP contribution in [0, 0.1) is 0 Å². The summed E-state index contributed by atoms with van der Waals surface area (Å²) in [7, 11) is 0. The number of carboxylic acid groups (broad SMARTS) is 1. The number of hydrogen-bond acceptors (Lipinski definition) is 2. The lowest BCUT2D eigenvalue weighted by molar-refractivity contribution is 0.0695. The molecule has 1 aromatic carbocycles. The lowest BCUT2D eigenvalue weighted by atomic mass is 10.1. The Morgan fingerprint density at radius 2 is 2.25 bits per heavy atom. The number of carbonyl (C=O) groups is 1. The van der Waals surface area contributed by atoms with Crippen LogP contribution >= 0.6 is 15.9 Å². The van der Waals surface area contributed by atoms with Crippen molar-refractivity contribution in [2.45, 2.75) is 13.3 Å². The molecule has 2 rings (SSSR count). The second-order valence-electron chi connectivity index (χ2n) is 3.50. The Labute approximate surface area is 101 Å². The van der Waals surface area contributed by atoms with Crippen LogP contribution in [0.1, 0.15) is 22.8 Å². The van der Waals surface area contributed by atoms with Crippen molar-refractivity contribution >= 4 is 32.8 Å². The van der Waals surface area contributed by atoms with Crippen molar-refractivity contribution in [3.8, 4) is 0 Å². The van der Waals surface area contributed by atoms with Gasteiger partial charge in [-0.1, -0.05) is 13.0 Å². The van der Waals surface area contributed by atoms with Crippen LogP contribution < -0.4 is 0 Å². The molecule has 82 valence electrons. The van der Waals surface area contributed by atoms with Gasteiger partial charge in [0.05, 0.1) is 11.1 Å². The molecule has 0 aliphatic carbocycles. The lowest BCUT2D eigenvalue weighted by Crippen LogP contribution is -1.99. The summed E-state index contributed by atoms with van der Waals surface area (Å²) in [5, 5.41) is 9.83. The molecule has 0 amide bonds. The summed E-state index contributed by atoms with van der Waals surface area (Å²) >= 11 is 3.32. The number of pyridine rings is 1. The molecule has 2 aromatic rings. The highest BCUT2D eigenvalue weighted by Gasteiger charge is 2.12. The molecule has 0 radical (unpaired) electrons. The fourth-order valence-corrected chi connectivity index (χ4v) is 2.17. The largest absolute Gasteiger partial charge is 0.478 e. The number of rotatable bonds is 2. The SMILES string of the molecule is CCc1ccc2ncc(C(=O)O)c(Br)c2c1. The number of benzene rings is 1. The molecule has 16 heavy (non-hydrogen) atoms. The van der Waals surface area contributed by atoms with E-state index in [2.05, 4.69) is 27.8 Å². The number of fused-ring (bicyclic) bond motifs is 1. The van der Waals surface area contributed by atoms with Crippen molar-refractivity contribution in [2.24, 2.45) is 0 Å². The number of carboxylic acids is 1. The Morgan fingerprint density at radius 3 is 2.88 bits per heavy atom. The average Bonchev–Trinajstić information content (AvgIpc) is 2.28. The zero-order valence-electron chi connectivity index (χ0n) is 8.70. The van der Waals surface area contributed by atoms with Crippen LogP contribution in [0.3, 0.4) is 0 Å². The molecule has 1 heterocycles. The monoisotopic (exact) mass is 279 g/mol. The van der Waals surface area contributed by atoms with E-state index in [0.29, 0.717) is 4.47 Å². The third kappa shape index (κ3) is 1.80. The van der Waals surface area contributed by atoms with Crippen molar-refractivity contribution in [3.63, 3.8) is 0 Å². The molecule has 0 bridgehead atoms. The first-order valence-electron chi connectivity index (χ1n) is 4.94. The van der Waals surface area contributed by atoms with Crippen LogP contribution in [0.2, 0.25) is 0 Å². The summed E-state index contributed by atoms with van der Waals surface area (Å²) in [6.45, 7) is 2.06. The molecule has 0 unspecified atom stereocenters. The Morgan fingerprint density at radius 1 is 1.50 bits per heavy atom. The van der Waals surface area contributed by atoms with Crippen LogP contribution in [-0.4, -0.2) is 16.1 Å². The molecule has 0 saturated heterocycles. The van der Waals surface area contributed by atoms with E-state index in [1.807, 2.05) is 18.2 Å². The first-order valence-corrected chi connectivity index (χ1v) is 5.73. The van der Waals surface area contributed by atoms with Gasteiger partial charge in [-0.3, -0.25) is 4.98 Å². The lowest BCUT2D eigenvalue weighted by Gasteiger charge is -2.05. The number of aromatic carboxylic acids is 1. The maximum Gasteiger partial charge on any atom is 0.338 e. The first kappa shape index (κ1) is 11.1. The van der Waals surface area contributed by atoms with Crippen LogP contribution in [-0.2, 0) is 6.42 Å². The van der Waals surface area contributed by atoms with Crippen molar-refractivity contribution in [1.82, 2.24) is 4.98 Å². The van der Waals surface area contributed by atoms with Crippen LogP contribution in [0.25, 0.3) is 10.9 Å². The molecule has 1 aromatic heterocycles. The number of halogens is 1. The highest BCUT2D eigenvalue weighted by atomic mass is 79.9. The van der Waals surface area contributed by atoms with E-state index in [1.54, 1.807) is 0 Å². The predicted octanol–water partition coefficient (Wildman–Crippen LogP) is 3.26. The van der Waals surface area contributed by atoms with Crippen LogP contribution in [0.4, 0.5) is 0 Å². The van der Waals surface area contributed by atoms with Crippen molar-refractivity contribution < 1.29 is 9.90 Å². The number of hydrogen-bond donors (Lipinski definition) is 1. The fraction of sp³-hybridized carbons (Fsp3) is 0.167. The van der Waals surface area contributed by atoms with E-state index >= 15 is 0 Å². The highest BCUT2D eigenvalue weighted by molar-refractivity contribution is 9.10. The molecule has 0 saturated carbocycles. The summed E-state index contributed by atoms with van der Waals surface area (Å²) in [5.74, 6) is -0.969. The van der Waals surface area contributed by atoms with Gasteiger partial charge in [0.2, 0.25) is 0 Å². The van der Waals surface area contributed by atoms with Gasteiger partial charge in [0.25, 0.3) is 0 Å². The first-order chi connectivity index (χ1) is 7.63. The van der Waals surface area contributed by atoms with E-state index in [1.165, 1.54) is 6.20 Å². The van der Waals surface area contributed by atoms with E-state index in [4.69, 9.17) is 5.11 Å². The second-order valence-corrected chi connectivity index (χ2v) is 4.29. The van der Waals surface area contributed by atoms with Crippen molar-refractivity contribution in [3.05, 3.63) is 40.0 Å². The summed E-state index contributed by atoms with van der Waals surface area (Å²) in [6.07, 6.45) is 2.29. The standard InChI is InChI=1S/C12H10BrNO2/c1-2-7-3-4-10-8(5-7)11(13)9(6-14-10)12(15)16/h3-6H,2H2,1H3,(H,15,16). The quantitative estimate of drug-likeness (QED) is 0.918. The van der Waals surface area contributed by atoms with Gasteiger partial charge in [0.15, 0.2) is 0 Å². The van der Waals surface area contributed by atoms with Gasteiger partial charge in [0, 0.05) is 16.1 Å². The van der Waals surface area contributed by atoms with Gasteiger partial charge in [0.1, 0.15) is 0 Å². The predicted molar refractivity (Wildman–Crippen MR) is 65.8 cm³/mol. The topological polar surface area (TPSA) is 50.2 Å². The Bertz CT molecular complexity index is 566. The summed E-state index contributed by atoms with van der Waals surface area (Å²) < 4.78 is 0.598. The van der Waals surface area contributed by atoms with Gasteiger partial charge in [-0.15, -0.1) is 0 Å². The van der Waals surface area contributed by atoms with Crippen LogP contribution in [0.5, 0.6) is 0 Å². The normalized spacial score (nSPS) is 10.6. The minimum Gasteiger partial charge on any atom is -0.478 e.